The third kappa shape index (κ3) is 4.88. The van der Waals surface area contributed by atoms with Gasteiger partial charge >= 0.3 is 0 Å². The van der Waals surface area contributed by atoms with Crippen LogP contribution in [0.1, 0.15) is 39.9 Å². The van der Waals surface area contributed by atoms with E-state index in [1.54, 1.807) is 25.1 Å². The van der Waals surface area contributed by atoms with Crippen molar-refractivity contribution >= 4 is 17.5 Å². The van der Waals surface area contributed by atoms with E-state index < -0.39 is 0 Å². The van der Waals surface area contributed by atoms with Gasteiger partial charge in [0.05, 0.1) is 6.54 Å². The maximum Gasteiger partial charge on any atom is 0.241 e. The molecule has 1 amide bonds. The summed E-state index contributed by atoms with van der Waals surface area (Å²) < 4.78 is 0. The lowest BCUT2D eigenvalue weighted by Crippen LogP contribution is -2.38. The topological polar surface area (TPSA) is 75.4 Å². The average Bonchev–Trinajstić information content (AvgIpc) is 2.36. The Morgan fingerprint density at radius 1 is 1.29 bits per heavy atom. The number of carbonyl (C=O) groups excluding carboxylic acids is 1. The molecular weight excluding hydrogens is 266 g/mol. The number of nitrogens with zero attached hydrogens (tertiary/aromatic N) is 4. The Kier molecular flexibility index (Phi) is 5.52. The van der Waals surface area contributed by atoms with Gasteiger partial charge in [0.25, 0.3) is 0 Å². The fourth-order valence-corrected chi connectivity index (χ4v) is 1.80. The van der Waals surface area contributed by atoms with Crippen LogP contribution in [0.2, 0.25) is 0 Å². The summed E-state index contributed by atoms with van der Waals surface area (Å²) in [5.41, 5.74) is 5.72. The maximum atomic E-state index is 12.0. The number of likely N-dealkylation sites (N-methyl/N-ethyl adjacent to an activating group) is 1. The molecule has 0 atom stereocenters. The van der Waals surface area contributed by atoms with E-state index >= 15 is 0 Å². The van der Waals surface area contributed by atoms with Crippen molar-refractivity contribution in [1.82, 2.24) is 14.9 Å². The van der Waals surface area contributed by atoms with Crippen molar-refractivity contribution in [2.75, 3.05) is 37.8 Å². The highest BCUT2D eigenvalue weighted by Gasteiger charge is 2.21. The van der Waals surface area contributed by atoms with Gasteiger partial charge in [-0.2, -0.15) is 0 Å². The van der Waals surface area contributed by atoms with Gasteiger partial charge in [0.1, 0.15) is 17.5 Å². The number of aromatic nitrogens is 2. The monoisotopic (exact) mass is 293 g/mol. The molecule has 118 valence electrons. The second kappa shape index (κ2) is 6.74. The van der Waals surface area contributed by atoms with E-state index in [0.717, 1.165) is 13.0 Å². The number of hydrogen-bond acceptors (Lipinski definition) is 5. The van der Waals surface area contributed by atoms with Crippen molar-refractivity contribution in [3.8, 4) is 0 Å². The Bertz CT molecular complexity index is 493. The molecule has 0 aliphatic heterocycles. The quantitative estimate of drug-likeness (QED) is 0.893. The van der Waals surface area contributed by atoms with Gasteiger partial charge < -0.3 is 15.5 Å². The summed E-state index contributed by atoms with van der Waals surface area (Å²) in [6.45, 7) is 9.24. The highest BCUT2D eigenvalue weighted by Crippen LogP contribution is 2.23. The van der Waals surface area contributed by atoms with Crippen LogP contribution in [0, 0.1) is 0 Å². The predicted molar refractivity (Wildman–Crippen MR) is 86.3 cm³/mol. The first-order valence-electron chi connectivity index (χ1n) is 7.25. The Labute approximate surface area is 127 Å². The molecule has 21 heavy (non-hydrogen) atoms. The third-order valence-corrected chi connectivity index (χ3v) is 3.05. The van der Waals surface area contributed by atoms with Gasteiger partial charge in [-0.15, -0.1) is 0 Å². The molecule has 1 aromatic heterocycles. The number of amides is 1. The fourth-order valence-electron chi connectivity index (χ4n) is 1.80. The Morgan fingerprint density at radius 3 is 2.38 bits per heavy atom. The average molecular weight is 293 g/mol. The molecule has 6 nitrogen and oxygen atoms in total. The van der Waals surface area contributed by atoms with Crippen molar-refractivity contribution in [2.45, 2.75) is 39.5 Å². The molecule has 0 saturated heterocycles. The summed E-state index contributed by atoms with van der Waals surface area (Å²) >= 11 is 0. The molecule has 0 bridgehead atoms. The van der Waals surface area contributed by atoms with Crippen molar-refractivity contribution in [3.63, 3.8) is 0 Å². The first kappa shape index (κ1) is 17.2. The van der Waals surface area contributed by atoms with Crippen LogP contribution >= 0.6 is 0 Å². The summed E-state index contributed by atoms with van der Waals surface area (Å²) in [4.78, 5) is 24.4. The minimum absolute atomic E-state index is 0.0398. The van der Waals surface area contributed by atoms with Crippen LogP contribution in [0.5, 0.6) is 0 Å². The summed E-state index contributed by atoms with van der Waals surface area (Å²) in [6.07, 6.45) is 0.926. The molecule has 0 radical (unpaired) electrons. The summed E-state index contributed by atoms with van der Waals surface area (Å²) in [5.74, 6) is 1.88. The second-order valence-corrected chi connectivity index (χ2v) is 6.43. The Balaban J connectivity index is 3.13. The molecule has 0 unspecified atom stereocenters. The molecule has 0 aliphatic rings. The van der Waals surface area contributed by atoms with E-state index in [0.29, 0.717) is 24.0 Å². The standard InChI is InChI=1S/C15H27N5O/c1-7-8-20(10-13(21)19(5)6)12-9-11(16)17-14(18-12)15(2,3)4/h9H,7-8,10H2,1-6H3,(H2,16,17,18). The van der Waals surface area contributed by atoms with Crippen LogP contribution in [0.25, 0.3) is 0 Å². The van der Waals surface area contributed by atoms with E-state index in [2.05, 4.69) is 16.9 Å². The van der Waals surface area contributed by atoms with Gasteiger partial charge in [0.2, 0.25) is 5.91 Å². The van der Waals surface area contributed by atoms with Gasteiger partial charge in [-0.1, -0.05) is 27.7 Å². The zero-order valence-corrected chi connectivity index (χ0v) is 14.0. The molecule has 0 saturated carbocycles. The summed E-state index contributed by atoms with van der Waals surface area (Å²) in [7, 11) is 3.50. The van der Waals surface area contributed by atoms with Crippen LogP contribution in [0.3, 0.4) is 0 Å². The summed E-state index contributed by atoms with van der Waals surface area (Å²) in [5, 5.41) is 0. The van der Waals surface area contributed by atoms with Crippen LogP contribution in [0.4, 0.5) is 11.6 Å². The molecule has 1 rings (SSSR count). The fraction of sp³-hybridized carbons (Fsp3) is 0.667. The number of hydrogen-bond donors (Lipinski definition) is 1. The highest BCUT2D eigenvalue weighted by molar-refractivity contribution is 5.80. The van der Waals surface area contributed by atoms with E-state index in [4.69, 9.17) is 5.73 Å². The van der Waals surface area contributed by atoms with Crippen LogP contribution in [-0.2, 0) is 10.2 Å². The van der Waals surface area contributed by atoms with Crippen molar-refractivity contribution < 1.29 is 4.79 Å². The van der Waals surface area contributed by atoms with Crippen molar-refractivity contribution in [1.29, 1.82) is 0 Å². The van der Waals surface area contributed by atoms with Crippen LogP contribution in [0.15, 0.2) is 6.07 Å². The molecule has 1 aromatic rings. The van der Waals surface area contributed by atoms with Crippen LogP contribution in [-0.4, -0.2) is 48.0 Å². The Morgan fingerprint density at radius 2 is 1.90 bits per heavy atom. The zero-order chi connectivity index (χ0) is 16.2. The first-order valence-corrected chi connectivity index (χ1v) is 7.25. The summed E-state index contributed by atoms with van der Waals surface area (Å²) in [6, 6.07) is 1.73. The molecule has 0 spiro atoms. The van der Waals surface area contributed by atoms with Gasteiger partial charge in [-0.25, -0.2) is 9.97 Å². The lowest BCUT2D eigenvalue weighted by Gasteiger charge is -2.26. The van der Waals surface area contributed by atoms with E-state index in [9.17, 15) is 4.79 Å². The van der Waals surface area contributed by atoms with Gasteiger partial charge in [-0.05, 0) is 6.42 Å². The smallest absolute Gasteiger partial charge is 0.241 e. The second-order valence-electron chi connectivity index (χ2n) is 6.43. The van der Waals surface area contributed by atoms with Crippen molar-refractivity contribution in [3.05, 3.63) is 11.9 Å². The molecule has 0 aliphatic carbocycles. The molecule has 0 aromatic carbocycles. The number of rotatable bonds is 5. The minimum atomic E-state index is -0.187. The zero-order valence-electron chi connectivity index (χ0n) is 14.0. The van der Waals surface area contributed by atoms with E-state index in [-0.39, 0.29) is 11.3 Å². The number of nitrogen functional groups attached to an aromatic ring is 1. The highest BCUT2D eigenvalue weighted by atomic mass is 16.2. The third-order valence-electron chi connectivity index (χ3n) is 3.05. The molecule has 2 N–H and O–H groups in total. The van der Waals surface area contributed by atoms with E-state index in [1.165, 1.54) is 0 Å². The molecule has 6 heteroatoms. The lowest BCUT2D eigenvalue weighted by atomic mass is 9.96. The largest absolute Gasteiger partial charge is 0.384 e. The minimum Gasteiger partial charge on any atom is -0.384 e. The van der Waals surface area contributed by atoms with Gasteiger partial charge in [0.15, 0.2) is 0 Å². The maximum absolute atomic E-state index is 12.0. The lowest BCUT2D eigenvalue weighted by molar-refractivity contribution is -0.127. The van der Waals surface area contributed by atoms with E-state index in [1.807, 2.05) is 25.7 Å². The predicted octanol–water partition coefficient (Wildman–Crippen LogP) is 1.66. The van der Waals surface area contributed by atoms with Crippen LogP contribution < -0.4 is 10.6 Å². The van der Waals surface area contributed by atoms with Crippen molar-refractivity contribution in [2.24, 2.45) is 0 Å². The van der Waals surface area contributed by atoms with Gasteiger partial charge in [-0.3, -0.25) is 4.79 Å². The Hall–Kier alpha value is -1.85. The first-order chi connectivity index (χ1) is 9.65. The SMILES string of the molecule is CCCN(CC(=O)N(C)C)c1cc(N)nc(C(C)(C)C)n1. The number of anilines is 2. The molecular formula is C15H27N5O. The van der Waals surface area contributed by atoms with Gasteiger partial charge in [0, 0.05) is 32.1 Å². The molecule has 1 heterocycles. The number of nitrogens with two attached hydrogens (primary N) is 1. The normalized spacial score (nSPS) is 11.3. The number of carbonyl (C=O) groups is 1. The molecule has 0 fully saturated rings.